The number of carboxylic acid groups (broad SMARTS) is 1. The summed E-state index contributed by atoms with van der Waals surface area (Å²) in [5, 5.41) is 13.8. The number of ether oxygens (including phenoxy) is 2. The number of carbonyl (C=O) groups is 4. The average Bonchev–Trinajstić information content (AvgIpc) is 2.66. The molecular weight excluding hydrogens is 342 g/mol. The van der Waals surface area contributed by atoms with Crippen molar-refractivity contribution in [2.75, 3.05) is 19.5 Å². The number of hydrogen-bond donors (Lipinski definition) is 1. The molecule has 2 rings (SSSR count). The lowest BCUT2D eigenvalue weighted by Crippen LogP contribution is -2.41. The van der Waals surface area contributed by atoms with E-state index >= 15 is 0 Å². The Hall–Kier alpha value is -3.16. The molecule has 2 atom stereocenters. The molecule has 1 aliphatic carbocycles. The van der Waals surface area contributed by atoms with E-state index in [4.69, 9.17) is 0 Å². The largest absolute Gasteiger partial charge is 0.550 e. The van der Waals surface area contributed by atoms with E-state index in [-0.39, 0.29) is 29.7 Å². The van der Waals surface area contributed by atoms with E-state index in [0.29, 0.717) is 0 Å². The first-order valence-electron chi connectivity index (χ1n) is 7.86. The molecule has 1 amide bonds. The molecule has 1 aromatic carbocycles. The Bertz CT molecular complexity index is 769. The van der Waals surface area contributed by atoms with Crippen molar-refractivity contribution >= 4 is 29.5 Å². The molecule has 0 bridgehead atoms. The van der Waals surface area contributed by atoms with Gasteiger partial charge in [-0.3, -0.25) is 4.79 Å². The quantitative estimate of drug-likeness (QED) is 0.600. The van der Waals surface area contributed by atoms with Crippen LogP contribution >= 0.6 is 0 Å². The third kappa shape index (κ3) is 4.08. The summed E-state index contributed by atoms with van der Waals surface area (Å²) in [5.41, 5.74) is 0.191. The van der Waals surface area contributed by atoms with Crippen LogP contribution < -0.4 is 10.4 Å². The van der Waals surface area contributed by atoms with Crippen LogP contribution in [0.5, 0.6) is 0 Å². The molecule has 1 aromatic rings. The monoisotopic (exact) mass is 360 g/mol. The molecule has 0 spiro atoms. The van der Waals surface area contributed by atoms with E-state index in [1.165, 1.54) is 32.4 Å². The second kappa shape index (κ2) is 8.28. The van der Waals surface area contributed by atoms with Crippen LogP contribution in [0.2, 0.25) is 0 Å². The van der Waals surface area contributed by atoms with Crippen molar-refractivity contribution in [3.05, 3.63) is 41.5 Å². The first kappa shape index (κ1) is 19.2. The Balaban J connectivity index is 2.34. The van der Waals surface area contributed by atoms with Gasteiger partial charge in [0.25, 0.3) is 0 Å². The molecule has 8 heteroatoms. The second-order valence-electron chi connectivity index (χ2n) is 5.71. The fourth-order valence-corrected chi connectivity index (χ4v) is 2.77. The van der Waals surface area contributed by atoms with Crippen molar-refractivity contribution in [2.45, 2.75) is 12.8 Å². The Kier molecular flexibility index (Phi) is 6.11. The Morgan fingerprint density at radius 1 is 1.00 bits per heavy atom. The van der Waals surface area contributed by atoms with Gasteiger partial charge in [-0.1, -0.05) is 12.2 Å². The summed E-state index contributed by atoms with van der Waals surface area (Å²) in [4.78, 5) is 47.5. The number of aliphatic carboxylic acids is 1. The molecule has 0 fully saturated rings. The lowest BCUT2D eigenvalue weighted by Gasteiger charge is -2.28. The van der Waals surface area contributed by atoms with E-state index in [1.54, 1.807) is 12.2 Å². The van der Waals surface area contributed by atoms with Crippen molar-refractivity contribution in [2.24, 2.45) is 11.8 Å². The summed E-state index contributed by atoms with van der Waals surface area (Å²) < 4.78 is 9.29. The Labute approximate surface area is 149 Å². The summed E-state index contributed by atoms with van der Waals surface area (Å²) in [6.45, 7) is 0. The van der Waals surface area contributed by atoms with Crippen LogP contribution in [0.4, 0.5) is 5.69 Å². The van der Waals surface area contributed by atoms with Crippen molar-refractivity contribution in [3.8, 4) is 0 Å². The van der Waals surface area contributed by atoms with Crippen LogP contribution in [0.15, 0.2) is 30.4 Å². The number of allylic oxidation sites excluding steroid dienone is 2. The molecule has 1 aliphatic rings. The van der Waals surface area contributed by atoms with Crippen LogP contribution in [-0.4, -0.2) is 38.0 Å². The van der Waals surface area contributed by atoms with Gasteiger partial charge in [0.05, 0.1) is 37.0 Å². The second-order valence-corrected chi connectivity index (χ2v) is 5.71. The predicted molar refractivity (Wildman–Crippen MR) is 88.1 cm³/mol. The summed E-state index contributed by atoms with van der Waals surface area (Å²) in [6.07, 6.45) is 3.82. The van der Waals surface area contributed by atoms with Crippen molar-refractivity contribution < 1.29 is 33.8 Å². The SMILES string of the molecule is COC(=O)c1ccc(C(=O)OC)c(NC(=O)[C@H]2CC=CC[C@@H]2C(=O)[O-])c1. The minimum atomic E-state index is -1.31. The number of rotatable bonds is 5. The molecule has 0 aliphatic heterocycles. The Morgan fingerprint density at radius 2 is 1.62 bits per heavy atom. The van der Waals surface area contributed by atoms with Gasteiger partial charge in [0.15, 0.2) is 0 Å². The lowest BCUT2D eigenvalue weighted by atomic mass is 9.82. The zero-order valence-electron chi connectivity index (χ0n) is 14.3. The van der Waals surface area contributed by atoms with Gasteiger partial charge in [0.2, 0.25) is 5.91 Å². The van der Waals surface area contributed by atoms with Crippen molar-refractivity contribution in [1.82, 2.24) is 0 Å². The highest BCUT2D eigenvalue weighted by Gasteiger charge is 2.30. The van der Waals surface area contributed by atoms with Gasteiger partial charge in [-0.05, 0) is 31.0 Å². The van der Waals surface area contributed by atoms with E-state index in [0.717, 1.165) is 0 Å². The number of hydrogen-bond acceptors (Lipinski definition) is 7. The van der Waals surface area contributed by atoms with Crippen molar-refractivity contribution in [3.63, 3.8) is 0 Å². The van der Waals surface area contributed by atoms with Crippen LogP contribution in [0.25, 0.3) is 0 Å². The molecule has 0 saturated carbocycles. The first-order valence-corrected chi connectivity index (χ1v) is 7.86. The van der Waals surface area contributed by atoms with E-state index in [1.807, 2.05) is 0 Å². The molecule has 0 aromatic heterocycles. The summed E-state index contributed by atoms with van der Waals surface area (Å²) in [5.74, 6) is -5.08. The average molecular weight is 360 g/mol. The molecule has 1 N–H and O–H groups in total. The predicted octanol–water partition coefficient (Wildman–Crippen LogP) is 0.531. The normalized spacial score (nSPS) is 18.7. The first-order chi connectivity index (χ1) is 12.4. The highest BCUT2D eigenvalue weighted by atomic mass is 16.5. The summed E-state index contributed by atoms with van der Waals surface area (Å²) in [7, 11) is 2.38. The molecule has 138 valence electrons. The lowest BCUT2D eigenvalue weighted by molar-refractivity contribution is -0.313. The number of carbonyl (C=O) groups excluding carboxylic acids is 4. The van der Waals surface area contributed by atoms with Gasteiger partial charge in [0, 0.05) is 11.9 Å². The molecule has 0 heterocycles. The Morgan fingerprint density at radius 3 is 2.19 bits per heavy atom. The maximum atomic E-state index is 12.6. The van der Waals surface area contributed by atoms with E-state index < -0.39 is 35.7 Å². The number of benzene rings is 1. The number of anilines is 1. The fourth-order valence-electron chi connectivity index (χ4n) is 2.77. The smallest absolute Gasteiger partial charge is 0.339 e. The highest BCUT2D eigenvalue weighted by molar-refractivity contribution is 6.04. The molecular formula is C18H18NO7-. The standard InChI is InChI=1S/C18H19NO7/c1-25-17(23)10-7-8-13(18(24)26-2)14(9-10)19-15(20)11-5-3-4-6-12(11)16(21)22/h3-4,7-9,11-12H,5-6H2,1-2H3,(H,19,20)(H,21,22)/p-1/t11-,12-/m0/s1. The topological polar surface area (TPSA) is 122 Å². The number of methoxy groups -OCH3 is 2. The fraction of sp³-hybridized carbons (Fsp3) is 0.333. The van der Waals surface area contributed by atoms with Crippen LogP contribution in [0, 0.1) is 11.8 Å². The maximum absolute atomic E-state index is 12.6. The molecule has 8 nitrogen and oxygen atoms in total. The van der Waals surface area contributed by atoms with Crippen molar-refractivity contribution in [1.29, 1.82) is 0 Å². The van der Waals surface area contributed by atoms with Gasteiger partial charge >= 0.3 is 11.9 Å². The molecule has 0 unspecified atom stereocenters. The highest BCUT2D eigenvalue weighted by Crippen LogP contribution is 2.28. The van der Waals surface area contributed by atoms with Crippen LogP contribution in [-0.2, 0) is 19.1 Å². The number of nitrogens with one attached hydrogen (secondary N) is 1. The summed E-state index contributed by atoms with van der Waals surface area (Å²) in [6, 6.07) is 3.97. The zero-order valence-corrected chi connectivity index (χ0v) is 14.3. The third-order valence-electron chi connectivity index (χ3n) is 4.18. The molecule has 0 saturated heterocycles. The van der Waals surface area contributed by atoms with Gasteiger partial charge in [-0.15, -0.1) is 0 Å². The van der Waals surface area contributed by atoms with Gasteiger partial charge in [0.1, 0.15) is 0 Å². The van der Waals surface area contributed by atoms with Crippen LogP contribution in [0.1, 0.15) is 33.6 Å². The molecule has 0 radical (unpaired) electrons. The number of esters is 2. The minimum Gasteiger partial charge on any atom is -0.550 e. The van der Waals surface area contributed by atoms with Crippen LogP contribution in [0.3, 0.4) is 0 Å². The number of carboxylic acids is 1. The van der Waals surface area contributed by atoms with Gasteiger partial charge in [-0.2, -0.15) is 0 Å². The van der Waals surface area contributed by atoms with E-state index in [9.17, 15) is 24.3 Å². The molecule has 26 heavy (non-hydrogen) atoms. The zero-order chi connectivity index (χ0) is 19.3. The summed E-state index contributed by atoms with van der Waals surface area (Å²) >= 11 is 0. The van der Waals surface area contributed by atoms with Gasteiger partial charge < -0.3 is 24.7 Å². The maximum Gasteiger partial charge on any atom is 0.339 e. The van der Waals surface area contributed by atoms with Gasteiger partial charge in [-0.25, -0.2) is 9.59 Å². The van der Waals surface area contributed by atoms with E-state index in [2.05, 4.69) is 14.8 Å². The third-order valence-corrected chi connectivity index (χ3v) is 4.18. The number of amides is 1. The minimum absolute atomic E-state index is 0.0323.